The molecule has 1 aromatic rings. The van der Waals surface area contributed by atoms with Crippen LogP contribution in [-0.2, 0) is 12.8 Å². The minimum absolute atomic E-state index is 0.648. The van der Waals surface area contributed by atoms with Gasteiger partial charge in [-0.15, -0.1) is 0 Å². The van der Waals surface area contributed by atoms with Crippen LogP contribution in [0.25, 0.3) is 0 Å². The molecular weight excluding hydrogens is 280 g/mol. The summed E-state index contributed by atoms with van der Waals surface area (Å²) in [5, 5.41) is 3.30. The maximum atomic E-state index is 4.56. The van der Waals surface area contributed by atoms with E-state index in [-0.39, 0.29) is 0 Å². The Morgan fingerprint density at radius 2 is 1.87 bits per heavy atom. The van der Waals surface area contributed by atoms with Crippen LogP contribution in [0, 0.1) is 0 Å². The zero-order chi connectivity index (χ0) is 17.4. The van der Waals surface area contributed by atoms with Gasteiger partial charge in [0.15, 0.2) is 0 Å². The topological polar surface area (TPSA) is 24.4 Å². The molecule has 0 aromatic heterocycles. The molecule has 1 aromatic carbocycles. The third-order valence-electron chi connectivity index (χ3n) is 3.84. The Labute approximate surface area is 141 Å². The van der Waals surface area contributed by atoms with Gasteiger partial charge in [-0.25, -0.2) is 4.99 Å². The van der Waals surface area contributed by atoms with Gasteiger partial charge >= 0.3 is 0 Å². The highest BCUT2D eigenvalue weighted by Gasteiger charge is 2.05. The van der Waals surface area contributed by atoms with Gasteiger partial charge in [-0.3, -0.25) is 0 Å². The molecule has 0 aliphatic rings. The standard InChI is InChI=1S/C21H30N2/c1-8-11-19-14-20(13-12-18(19)9-2)23-17(7)22-16(6)21(10-3)15(4)5/h10,12-14,23H,4,7-9,11H2,1-3,5-6H3/b21-10-,22-16-. The van der Waals surface area contributed by atoms with Crippen molar-refractivity contribution in [3.63, 3.8) is 0 Å². The lowest BCUT2D eigenvalue weighted by Crippen LogP contribution is -2.04. The Hall–Kier alpha value is -2.09. The summed E-state index contributed by atoms with van der Waals surface area (Å²) in [6, 6.07) is 6.51. The fraction of sp³-hybridized carbons (Fsp3) is 0.381. The van der Waals surface area contributed by atoms with Crippen LogP contribution in [0.15, 0.2) is 59.4 Å². The molecule has 0 saturated carbocycles. The van der Waals surface area contributed by atoms with E-state index in [4.69, 9.17) is 0 Å². The van der Waals surface area contributed by atoms with Crippen LogP contribution >= 0.6 is 0 Å². The highest BCUT2D eigenvalue weighted by Crippen LogP contribution is 2.20. The molecule has 124 valence electrons. The first-order valence-electron chi connectivity index (χ1n) is 8.38. The van der Waals surface area contributed by atoms with E-state index in [9.17, 15) is 0 Å². The van der Waals surface area contributed by atoms with Crippen LogP contribution in [0.2, 0.25) is 0 Å². The third-order valence-corrected chi connectivity index (χ3v) is 3.84. The van der Waals surface area contributed by atoms with Crippen LogP contribution in [0.5, 0.6) is 0 Å². The first kappa shape index (κ1) is 19.0. The van der Waals surface area contributed by atoms with E-state index in [2.05, 4.69) is 55.5 Å². The summed E-state index contributed by atoms with van der Waals surface area (Å²) in [6.07, 6.45) is 5.35. The van der Waals surface area contributed by atoms with Gasteiger partial charge in [-0.1, -0.05) is 45.6 Å². The van der Waals surface area contributed by atoms with Crippen molar-refractivity contribution in [1.82, 2.24) is 0 Å². The van der Waals surface area contributed by atoms with Crippen molar-refractivity contribution in [2.24, 2.45) is 4.99 Å². The Morgan fingerprint density at radius 3 is 2.39 bits per heavy atom. The fourth-order valence-electron chi connectivity index (χ4n) is 2.77. The molecule has 0 atom stereocenters. The normalized spacial score (nSPS) is 12.2. The van der Waals surface area contributed by atoms with Crippen LogP contribution < -0.4 is 5.32 Å². The Balaban J connectivity index is 2.93. The van der Waals surface area contributed by atoms with Gasteiger partial charge in [-0.05, 0) is 68.0 Å². The predicted octanol–water partition coefficient (Wildman–Crippen LogP) is 6.07. The largest absolute Gasteiger partial charge is 0.341 e. The van der Waals surface area contributed by atoms with Crippen LogP contribution in [0.1, 0.15) is 52.2 Å². The molecule has 23 heavy (non-hydrogen) atoms. The molecule has 0 aliphatic heterocycles. The van der Waals surface area contributed by atoms with Crippen molar-refractivity contribution in [3.8, 4) is 0 Å². The van der Waals surface area contributed by atoms with E-state index < -0.39 is 0 Å². The molecule has 0 aliphatic carbocycles. The van der Waals surface area contributed by atoms with E-state index in [0.29, 0.717) is 5.82 Å². The minimum atomic E-state index is 0.648. The number of allylic oxidation sites excluding steroid dienone is 3. The second-order valence-electron chi connectivity index (χ2n) is 5.84. The van der Waals surface area contributed by atoms with E-state index >= 15 is 0 Å². The molecule has 0 radical (unpaired) electrons. The number of anilines is 1. The van der Waals surface area contributed by atoms with Crippen molar-refractivity contribution >= 4 is 11.4 Å². The molecule has 0 saturated heterocycles. The maximum Gasteiger partial charge on any atom is 0.123 e. The van der Waals surface area contributed by atoms with Gasteiger partial charge in [-0.2, -0.15) is 0 Å². The van der Waals surface area contributed by atoms with Crippen LogP contribution in [0.3, 0.4) is 0 Å². The van der Waals surface area contributed by atoms with E-state index in [1.165, 1.54) is 11.1 Å². The van der Waals surface area contributed by atoms with Gasteiger partial charge in [0.2, 0.25) is 0 Å². The summed E-state index contributed by atoms with van der Waals surface area (Å²) < 4.78 is 0. The summed E-state index contributed by atoms with van der Waals surface area (Å²) in [7, 11) is 0. The summed E-state index contributed by atoms with van der Waals surface area (Å²) in [4.78, 5) is 4.56. The first-order chi connectivity index (χ1) is 10.9. The SMILES string of the molecule is C=C(/N=C(C)\C(=C/C)C(=C)C)Nc1ccc(CC)c(CCC)c1. The van der Waals surface area contributed by atoms with Gasteiger partial charge in [0.25, 0.3) is 0 Å². The lowest BCUT2D eigenvalue weighted by molar-refractivity contribution is 0.899. The Morgan fingerprint density at radius 1 is 1.17 bits per heavy atom. The number of hydrogen-bond donors (Lipinski definition) is 1. The number of hydrogen-bond acceptors (Lipinski definition) is 2. The lowest BCUT2D eigenvalue weighted by Gasteiger charge is -2.13. The first-order valence-corrected chi connectivity index (χ1v) is 8.38. The monoisotopic (exact) mass is 310 g/mol. The van der Waals surface area contributed by atoms with Crippen molar-refractivity contribution in [1.29, 1.82) is 0 Å². The van der Waals surface area contributed by atoms with Crippen LogP contribution in [0.4, 0.5) is 5.69 Å². The number of nitrogens with zero attached hydrogens (tertiary/aromatic N) is 1. The third kappa shape index (κ3) is 5.55. The average molecular weight is 310 g/mol. The fourth-order valence-corrected chi connectivity index (χ4v) is 2.77. The summed E-state index contributed by atoms with van der Waals surface area (Å²) in [5.41, 5.74) is 6.88. The summed E-state index contributed by atoms with van der Waals surface area (Å²) in [5.74, 6) is 0.648. The Kier molecular flexibility index (Phi) is 7.53. The number of aryl methyl sites for hydroxylation is 2. The molecule has 0 fully saturated rings. The van der Waals surface area contributed by atoms with E-state index in [0.717, 1.165) is 41.8 Å². The smallest absolute Gasteiger partial charge is 0.123 e. The number of benzene rings is 1. The highest BCUT2D eigenvalue weighted by atomic mass is 15.0. The maximum absolute atomic E-state index is 4.56. The number of rotatable bonds is 8. The minimum Gasteiger partial charge on any atom is -0.341 e. The molecule has 1 rings (SSSR count). The Bertz CT molecular complexity index is 633. The lowest BCUT2D eigenvalue weighted by atomic mass is 10.0. The van der Waals surface area contributed by atoms with Crippen molar-refractivity contribution in [2.45, 2.75) is 53.9 Å². The number of nitrogens with one attached hydrogen (secondary N) is 1. The molecule has 0 bridgehead atoms. The predicted molar refractivity (Wildman–Crippen MR) is 104 cm³/mol. The molecule has 0 spiro atoms. The molecule has 1 N–H and O–H groups in total. The second-order valence-corrected chi connectivity index (χ2v) is 5.84. The second kappa shape index (κ2) is 9.14. The van der Waals surface area contributed by atoms with Crippen LogP contribution in [-0.4, -0.2) is 5.71 Å². The molecule has 0 amide bonds. The van der Waals surface area contributed by atoms with Gasteiger partial charge < -0.3 is 5.32 Å². The molecule has 2 nitrogen and oxygen atoms in total. The van der Waals surface area contributed by atoms with E-state index in [1.54, 1.807) is 0 Å². The molecular formula is C21H30N2. The van der Waals surface area contributed by atoms with E-state index in [1.807, 2.05) is 26.8 Å². The summed E-state index contributed by atoms with van der Waals surface area (Å²) in [6.45, 7) is 18.4. The average Bonchev–Trinajstić information content (AvgIpc) is 2.48. The zero-order valence-electron chi connectivity index (χ0n) is 15.3. The highest BCUT2D eigenvalue weighted by molar-refractivity contribution is 6.02. The summed E-state index contributed by atoms with van der Waals surface area (Å²) >= 11 is 0. The molecule has 0 unspecified atom stereocenters. The molecule has 0 heterocycles. The molecule has 2 heteroatoms. The quantitative estimate of drug-likeness (QED) is 0.457. The van der Waals surface area contributed by atoms with Crippen molar-refractivity contribution in [3.05, 3.63) is 65.5 Å². The van der Waals surface area contributed by atoms with Crippen molar-refractivity contribution in [2.75, 3.05) is 5.32 Å². The van der Waals surface area contributed by atoms with Crippen molar-refractivity contribution < 1.29 is 0 Å². The van der Waals surface area contributed by atoms with Gasteiger partial charge in [0, 0.05) is 11.4 Å². The number of aliphatic imine (C=N–C) groups is 1. The van der Waals surface area contributed by atoms with Gasteiger partial charge in [0.1, 0.15) is 5.82 Å². The van der Waals surface area contributed by atoms with Gasteiger partial charge in [0.05, 0.1) is 0 Å². The zero-order valence-corrected chi connectivity index (χ0v) is 15.3.